The van der Waals surface area contributed by atoms with E-state index in [2.05, 4.69) is 51.1 Å². The molecule has 5 heteroatoms. The zero-order valence-corrected chi connectivity index (χ0v) is 12.3. The number of pyridine rings is 1. The molecule has 3 rings (SSSR count). The molecular formula is C15H16N4S. The van der Waals surface area contributed by atoms with Crippen molar-refractivity contribution >= 4 is 22.4 Å². The molecular weight excluding hydrogens is 268 g/mol. The molecule has 0 bridgehead atoms. The van der Waals surface area contributed by atoms with Gasteiger partial charge >= 0.3 is 0 Å². The van der Waals surface area contributed by atoms with Gasteiger partial charge in [-0.2, -0.15) is 0 Å². The van der Waals surface area contributed by atoms with E-state index in [1.807, 2.05) is 19.2 Å². The average molecular weight is 284 g/mol. The summed E-state index contributed by atoms with van der Waals surface area (Å²) < 4.78 is 4.05. The Balaban J connectivity index is 2.07. The summed E-state index contributed by atoms with van der Waals surface area (Å²) in [6, 6.07) is 10.6. The first-order valence-electron chi connectivity index (χ1n) is 6.66. The molecule has 1 atom stereocenters. The molecule has 102 valence electrons. The summed E-state index contributed by atoms with van der Waals surface area (Å²) in [5.41, 5.74) is 3.21. The highest BCUT2D eigenvalue weighted by Gasteiger charge is 2.18. The van der Waals surface area contributed by atoms with Gasteiger partial charge in [-0.3, -0.25) is 4.98 Å². The van der Waals surface area contributed by atoms with Crippen LogP contribution in [0.15, 0.2) is 36.5 Å². The lowest BCUT2D eigenvalue weighted by molar-refractivity contribution is 0.636. The highest BCUT2D eigenvalue weighted by molar-refractivity contribution is 7.05. The van der Waals surface area contributed by atoms with Crippen LogP contribution < -0.4 is 5.32 Å². The number of nitrogens with zero attached hydrogens (tertiary/aromatic N) is 3. The lowest BCUT2D eigenvalue weighted by Gasteiger charge is -2.17. The molecule has 20 heavy (non-hydrogen) atoms. The second-order valence-electron chi connectivity index (χ2n) is 4.67. The first kappa shape index (κ1) is 13.1. The van der Waals surface area contributed by atoms with Crippen LogP contribution in [0.2, 0.25) is 0 Å². The molecule has 4 nitrogen and oxygen atoms in total. The van der Waals surface area contributed by atoms with Crippen molar-refractivity contribution in [3.05, 3.63) is 52.7 Å². The molecule has 2 heterocycles. The fraction of sp³-hybridized carbons (Fsp3) is 0.267. The predicted octanol–water partition coefficient (Wildman–Crippen LogP) is 3.09. The van der Waals surface area contributed by atoms with Crippen molar-refractivity contribution < 1.29 is 0 Å². The van der Waals surface area contributed by atoms with Gasteiger partial charge in [0.1, 0.15) is 0 Å². The zero-order valence-electron chi connectivity index (χ0n) is 11.5. The third-order valence-electron chi connectivity index (χ3n) is 3.32. The first-order chi connectivity index (χ1) is 9.79. The summed E-state index contributed by atoms with van der Waals surface area (Å²) in [6.07, 6.45) is 1.83. The van der Waals surface area contributed by atoms with Crippen LogP contribution in [0, 0.1) is 6.92 Å². The molecule has 0 saturated carbocycles. The van der Waals surface area contributed by atoms with Crippen molar-refractivity contribution in [3.8, 4) is 0 Å². The largest absolute Gasteiger partial charge is 0.306 e. The molecule has 0 amide bonds. The molecule has 1 aromatic carbocycles. The van der Waals surface area contributed by atoms with Crippen molar-refractivity contribution in [2.75, 3.05) is 6.54 Å². The van der Waals surface area contributed by atoms with E-state index in [-0.39, 0.29) is 6.04 Å². The van der Waals surface area contributed by atoms with Gasteiger partial charge < -0.3 is 5.32 Å². The maximum Gasteiger partial charge on any atom is 0.0776 e. The molecule has 2 aromatic heterocycles. The van der Waals surface area contributed by atoms with Crippen LogP contribution in [0.25, 0.3) is 10.9 Å². The number of hydrogen-bond donors (Lipinski definition) is 1. The van der Waals surface area contributed by atoms with E-state index in [0.717, 1.165) is 23.1 Å². The van der Waals surface area contributed by atoms with Crippen molar-refractivity contribution in [2.24, 2.45) is 0 Å². The summed E-state index contributed by atoms with van der Waals surface area (Å²) >= 11 is 1.45. The van der Waals surface area contributed by atoms with E-state index in [4.69, 9.17) is 0 Å². The van der Waals surface area contributed by atoms with Crippen molar-refractivity contribution in [1.82, 2.24) is 19.9 Å². The molecule has 1 N–H and O–H groups in total. The number of nitrogens with one attached hydrogen (secondary N) is 1. The fourth-order valence-corrected chi connectivity index (χ4v) is 3.08. The Morgan fingerprint density at radius 1 is 1.30 bits per heavy atom. The van der Waals surface area contributed by atoms with Gasteiger partial charge in [-0.15, -0.1) is 5.10 Å². The Kier molecular flexibility index (Phi) is 3.71. The van der Waals surface area contributed by atoms with Gasteiger partial charge in [0.15, 0.2) is 0 Å². The minimum atomic E-state index is 0.131. The third kappa shape index (κ3) is 2.42. The summed E-state index contributed by atoms with van der Waals surface area (Å²) in [5.74, 6) is 0. The predicted molar refractivity (Wildman–Crippen MR) is 81.9 cm³/mol. The Bertz CT molecular complexity index is 722. The topological polar surface area (TPSA) is 50.7 Å². The Morgan fingerprint density at radius 2 is 2.20 bits per heavy atom. The molecule has 0 aliphatic rings. The van der Waals surface area contributed by atoms with Gasteiger partial charge in [-0.1, -0.05) is 29.6 Å². The Labute approximate surface area is 122 Å². The zero-order chi connectivity index (χ0) is 13.9. The summed E-state index contributed by atoms with van der Waals surface area (Å²) in [7, 11) is 0. The highest BCUT2D eigenvalue weighted by Crippen LogP contribution is 2.28. The van der Waals surface area contributed by atoms with Crippen LogP contribution in [-0.4, -0.2) is 21.1 Å². The number of hydrogen-bond acceptors (Lipinski definition) is 5. The Hall–Kier alpha value is -1.85. The Morgan fingerprint density at radius 3 is 2.95 bits per heavy atom. The van der Waals surface area contributed by atoms with Gasteiger partial charge in [0.05, 0.1) is 22.1 Å². The van der Waals surface area contributed by atoms with E-state index in [0.29, 0.717) is 0 Å². The second-order valence-corrected chi connectivity index (χ2v) is 5.45. The standard InChI is InChI=1S/C15H16N4S/c1-3-16-14(15-10(2)18-19-20-15)12-7-6-11-5-4-8-17-13(11)9-12/h4-9,14,16H,3H2,1-2H3. The normalized spacial score (nSPS) is 12.7. The van der Waals surface area contributed by atoms with Gasteiger partial charge in [-0.05, 0) is 42.7 Å². The molecule has 1 unspecified atom stereocenters. The quantitative estimate of drug-likeness (QED) is 0.800. The van der Waals surface area contributed by atoms with E-state index < -0.39 is 0 Å². The maximum atomic E-state index is 4.43. The number of fused-ring (bicyclic) bond motifs is 1. The van der Waals surface area contributed by atoms with Crippen molar-refractivity contribution in [1.29, 1.82) is 0 Å². The first-order valence-corrected chi connectivity index (χ1v) is 7.44. The number of aromatic nitrogens is 3. The second kappa shape index (κ2) is 5.64. The number of benzene rings is 1. The fourth-order valence-electron chi connectivity index (χ4n) is 2.33. The maximum absolute atomic E-state index is 4.43. The highest BCUT2D eigenvalue weighted by atomic mass is 32.1. The van der Waals surface area contributed by atoms with Crippen LogP contribution in [0.5, 0.6) is 0 Å². The number of rotatable bonds is 4. The van der Waals surface area contributed by atoms with Gasteiger partial charge in [0.2, 0.25) is 0 Å². The van der Waals surface area contributed by atoms with Crippen LogP contribution in [0.4, 0.5) is 0 Å². The molecule has 3 aromatic rings. The van der Waals surface area contributed by atoms with Crippen molar-refractivity contribution in [2.45, 2.75) is 19.9 Å². The lowest BCUT2D eigenvalue weighted by Crippen LogP contribution is -2.21. The van der Waals surface area contributed by atoms with E-state index in [1.165, 1.54) is 22.0 Å². The summed E-state index contributed by atoms with van der Waals surface area (Å²) in [5, 5.41) is 8.79. The third-order valence-corrected chi connectivity index (χ3v) is 4.21. The smallest absolute Gasteiger partial charge is 0.0776 e. The van der Waals surface area contributed by atoms with Crippen LogP contribution >= 0.6 is 11.5 Å². The molecule has 0 fully saturated rings. The van der Waals surface area contributed by atoms with Crippen LogP contribution in [0.1, 0.15) is 29.1 Å². The van der Waals surface area contributed by atoms with E-state index in [1.54, 1.807) is 0 Å². The molecule has 0 aliphatic carbocycles. The van der Waals surface area contributed by atoms with E-state index in [9.17, 15) is 0 Å². The summed E-state index contributed by atoms with van der Waals surface area (Å²) in [4.78, 5) is 5.60. The van der Waals surface area contributed by atoms with Gasteiger partial charge in [-0.25, -0.2) is 0 Å². The molecule has 0 saturated heterocycles. The minimum Gasteiger partial charge on any atom is -0.306 e. The lowest BCUT2D eigenvalue weighted by atomic mass is 10.0. The van der Waals surface area contributed by atoms with Gasteiger partial charge in [0, 0.05) is 11.6 Å². The minimum absolute atomic E-state index is 0.131. The SMILES string of the molecule is CCNC(c1ccc2cccnc2c1)c1snnc1C. The van der Waals surface area contributed by atoms with E-state index >= 15 is 0 Å². The monoisotopic (exact) mass is 284 g/mol. The molecule has 0 spiro atoms. The average Bonchev–Trinajstić information content (AvgIpc) is 2.90. The summed E-state index contributed by atoms with van der Waals surface area (Å²) in [6.45, 7) is 5.00. The molecule has 0 aliphatic heterocycles. The van der Waals surface area contributed by atoms with Gasteiger partial charge in [0.25, 0.3) is 0 Å². The number of aryl methyl sites for hydroxylation is 1. The van der Waals surface area contributed by atoms with Crippen molar-refractivity contribution in [3.63, 3.8) is 0 Å². The van der Waals surface area contributed by atoms with Crippen LogP contribution in [0.3, 0.4) is 0 Å². The molecule has 0 radical (unpaired) electrons. The van der Waals surface area contributed by atoms with Crippen LogP contribution in [-0.2, 0) is 0 Å².